The molecule has 2 fully saturated rings. The van der Waals surface area contributed by atoms with Crippen molar-refractivity contribution in [3.8, 4) is 0 Å². The Kier molecular flexibility index (Phi) is 8.97. The molecular formula is C25H33F3N2O4. The highest BCUT2D eigenvalue weighted by Crippen LogP contribution is 2.36. The monoisotopic (exact) mass is 482 g/mol. The molecule has 1 aliphatic carbocycles. The zero-order chi connectivity index (χ0) is 24.7. The minimum atomic E-state index is -4.57. The maximum atomic E-state index is 13.4. The molecule has 34 heavy (non-hydrogen) atoms. The Morgan fingerprint density at radius 2 is 1.76 bits per heavy atom. The third-order valence-electron chi connectivity index (χ3n) is 6.93. The molecule has 2 aliphatic rings. The number of fused-ring (bicyclic) bond motifs is 1. The zero-order valence-corrected chi connectivity index (χ0v) is 19.6. The highest BCUT2D eigenvalue weighted by molar-refractivity contribution is 5.83. The Bertz CT molecular complexity index is 872. The van der Waals surface area contributed by atoms with Gasteiger partial charge in [0.15, 0.2) is 0 Å². The number of likely N-dealkylation sites (tertiary alicyclic amines) is 1. The third kappa shape index (κ3) is 6.73. The van der Waals surface area contributed by atoms with Crippen molar-refractivity contribution in [1.29, 1.82) is 0 Å². The SMILES string of the molecule is COC(=O)CN(Cc1ccccc1C(F)(F)F)C(=O)CCCC(=O)N1CCCC2CCCCC21. The molecule has 1 heterocycles. The van der Waals surface area contributed by atoms with E-state index >= 15 is 0 Å². The summed E-state index contributed by atoms with van der Waals surface area (Å²) < 4.78 is 44.8. The zero-order valence-electron chi connectivity index (χ0n) is 19.6. The molecular weight excluding hydrogens is 449 g/mol. The van der Waals surface area contributed by atoms with Crippen LogP contribution in [-0.4, -0.2) is 53.8 Å². The molecule has 2 atom stereocenters. The average molecular weight is 483 g/mol. The molecule has 0 radical (unpaired) electrons. The van der Waals surface area contributed by atoms with Gasteiger partial charge in [-0.05, 0) is 49.7 Å². The number of halogens is 3. The number of piperidine rings is 1. The lowest BCUT2D eigenvalue weighted by atomic mass is 9.78. The first-order chi connectivity index (χ1) is 16.2. The minimum absolute atomic E-state index is 0.0289. The minimum Gasteiger partial charge on any atom is -0.468 e. The van der Waals surface area contributed by atoms with E-state index in [1.54, 1.807) is 0 Å². The van der Waals surface area contributed by atoms with Gasteiger partial charge in [0.05, 0.1) is 12.7 Å². The maximum Gasteiger partial charge on any atom is 0.416 e. The van der Waals surface area contributed by atoms with Crippen LogP contribution in [0, 0.1) is 5.92 Å². The van der Waals surface area contributed by atoms with Crippen LogP contribution in [0.5, 0.6) is 0 Å². The number of hydrogen-bond acceptors (Lipinski definition) is 4. The van der Waals surface area contributed by atoms with Crippen molar-refractivity contribution in [3.05, 3.63) is 35.4 Å². The molecule has 1 aromatic rings. The molecule has 0 aromatic heterocycles. The van der Waals surface area contributed by atoms with Gasteiger partial charge in [0.25, 0.3) is 0 Å². The fourth-order valence-corrected chi connectivity index (χ4v) is 5.22. The second-order valence-electron chi connectivity index (χ2n) is 9.18. The van der Waals surface area contributed by atoms with Gasteiger partial charge in [0, 0.05) is 32.0 Å². The van der Waals surface area contributed by atoms with Crippen LogP contribution in [0.3, 0.4) is 0 Å². The van der Waals surface area contributed by atoms with E-state index in [0.29, 0.717) is 12.0 Å². The van der Waals surface area contributed by atoms with E-state index in [1.807, 2.05) is 4.90 Å². The van der Waals surface area contributed by atoms with E-state index in [9.17, 15) is 27.6 Å². The Morgan fingerprint density at radius 1 is 1.06 bits per heavy atom. The van der Waals surface area contributed by atoms with Crippen LogP contribution in [0.15, 0.2) is 24.3 Å². The second kappa shape index (κ2) is 11.7. The van der Waals surface area contributed by atoms with Crippen molar-refractivity contribution >= 4 is 17.8 Å². The summed E-state index contributed by atoms with van der Waals surface area (Å²) >= 11 is 0. The molecule has 9 heteroatoms. The Morgan fingerprint density at radius 3 is 2.50 bits per heavy atom. The quantitative estimate of drug-likeness (QED) is 0.510. The highest BCUT2D eigenvalue weighted by atomic mass is 19.4. The van der Waals surface area contributed by atoms with Crippen molar-refractivity contribution in [1.82, 2.24) is 9.80 Å². The molecule has 1 saturated heterocycles. The summed E-state index contributed by atoms with van der Waals surface area (Å²) in [4.78, 5) is 40.6. The first-order valence-electron chi connectivity index (χ1n) is 12.0. The Hall–Kier alpha value is -2.58. The normalized spacial score (nSPS) is 20.4. The number of carbonyl (C=O) groups is 3. The standard InChI is InChI=1S/C25H33F3N2O4/c1-34-24(33)17-29(16-19-9-2-4-11-20(19)25(26,27)28)22(31)13-6-14-23(32)30-15-7-10-18-8-3-5-12-21(18)30/h2,4,9,11,18,21H,3,5-8,10,12-17H2,1H3. The summed E-state index contributed by atoms with van der Waals surface area (Å²) in [6, 6.07) is 5.27. The molecule has 1 saturated carbocycles. The number of nitrogens with zero attached hydrogens (tertiary/aromatic N) is 2. The fraction of sp³-hybridized carbons (Fsp3) is 0.640. The van der Waals surface area contributed by atoms with Crippen LogP contribution in [0.25, 0.3) is 0 Å². The van der Waals surface area contributed by atoms with Gasteiger partial charge in [0.2, 0.25) is 11.8 Å². The number of alkyl halides is 3. The summed E-state index contributed by atoms with van der Waals surface area (Å²) in [5, 5.41) is 0. The number of benzene rings is 1. The van der Waals surface area contributed by atoms with Crippen molar-refractivity contribution in [3.63, 3.8) is 0 Å². The van der Waals surface area contributed by atoms with Gasteiger partial charge in [0.1, 0.15) is 6.54 Å². The summed E-state index contributed by atoms with van der Waals surface area (Å²) in [6.07, 6.45) is 2.58. The molecule has 1 aromatic carbocycles. The van der Waals surface area contributed by atoms with Crippen LogP contribution < -0.4 is 0 Å². The average Bonchev–Trinajstić information content (AvgIpc) is 2.82. The topological polar surface area (TPSA) is 66.9 Å². The predicted octanol–water partition coefficient (Wildman–Crippen LogP) is 4.56. The van der Waals surface area contributed by atoms with Gasteiger partial charge in [-0.15, -0.1) is 0 Å². The first kappa shape index (κ1) is 26.0. The van der Waals surface area contributed by atoms with Gasteiger partial charge in [-0.25, -0.2) is 0 Å². The van der Waals surface area contributed by atoms with Gasteiger partial charge in [-0.1, -0.05) is 31.0 Å². The van der Waals surface area contributed by atoms with E-state index in [0.717, 1.165) is 56.7 Å². The number of hydrogen-bond donors (Lipinski definition) is 0. The molecule has 0 spiro atoms. The predicted molar refractivity (Wildman–Crippen MR) is 119 cm³/mol. The Labute approximate surface area is 198 Å². The smallest absolute Gasteiger partial charge is 0.416 e. The Balaban J connectivity index is 1.60. The van der Waals surface area contributed by atoms with Crippen LogP contribution >= 0.6 is 0 Å². The second-order valence-corrected chi connectivity index (χ2v) is 9.18. The summed E-state index contributed by atoms with van der Waals surface area (Å²) in [5.41, 5.74) is -0.944. The lowest BCUT2D eigenvalue weighted by Crippen LogP contribution is -2.49. The third-order valence-corrected chi connectivity index (χ3v) is 6.93. The molecule has 2 unspecified atom stereocenters. The first-order valence-corrected chi connectivity index (χ1v) is 12.0. The number of carbonyl (C=O) groups excluding carboxylic acids is 3. The number of esters is 1. The van der Waals surface area contributed by atoms with Gasteiger partial charge in [-0.3, -0.25) is 14.4 Å². The summed E-state index contributed by atoms with van der Waals surface area (Å²) in [5.74, 6) is -0.599. The van der Waals surface area contributed by atoms with Crippen LogP contribution in [0.1, 0.15) is 68.9 Å². The number of ether oxygens (including phenoxy) is 1. The molecule has 2 amide bonds. The van der Waals surface area contributed by atoms with Crippen LogP contribution in [0.4, 0.5) is 13.2 Å². The summed E-state index contributed by atoms with van der Waals surface area (Å²) in [6.45, 7) is -0.0740. The largest absolute Gasteiger partial charge is 0.468 e. The maximum absolute atomic E-state index is 13.4. The number of amides is 2. The molecule has 0 N–H and O–H groups in total. The highest BCUT2D eigenvalue weighted by Gasteiger charge is 2.36. The summed E-state index contributed by atoms with van der Waals surface area (Å²) in [7, 11) is 1.16. The van der Waals surface area contributed by atoms with Crippen molar-refractivity contribution in [2.24, 2.45) is 5.92 Å². The molecule has 0 bridgehead atoms. The van der Waals surface area contributed by atoms with Crippen molar-refractivity contribution < 1.29 is 32.3 Å². The van der Waals surface area contributed by atoms with E-state index in [1.165, 1.54) is 24.6 Å². The van der Waals surface area contributed by atoms with E-state index < -0.39 is 30.2 Å². The molecule has 188 valence electrons. The van der Waals surface area contributed by atoms with Gasteiger partial charge in [-0.2, -0.15) is 13.2 Å². The molecule has 1 aliphatic heterocycles. The number of methoxy groups -OCH3 is 1. The van der Waals surface area contributed by atoms with E-state index in [4.69, 9.17) is 0 Å². The lowest BCUT2D eigenvalue weighted by Gasteiger charge is -2.44. The molecule has 6 nitrogen and oxygen atoms in total. The molecule has 3 rings (SSSR count). The van der Waals surface area contributed by atoms with Gasteiger partial charge < -0.3 is 14.5 Å². The number of rotatable bonds is 8. The van der Waals surface area contributed by atoms with Crippen molar-refractivity contribution in [2.45, 2.75) is 76.6 Å². The lowest BCUT2D eigenvalue weighted by molar-refractivity contribution is -0.148. The fourth-order valence-electron chi connectivity index (χ4n) is 5.22. The van der Waals surface area contributed by atoms with Crippen molar-refractivity contribution in [2.75, 3.05) is 20.2 Å². The van der Waals surface area contributed by atoms with E-state index in [2.05, 4.69) is 4.74 Å². The van der Waals surface area contributed by atoms with Crippen LogP contribution in [-0.2, 0) is 31.8 Å². The van der Waals surface area contributed by atoms with Gasteiger partial charge >= 0.3 is 12.1 Å². The van der Waals surface area contributed by atoms with E-state index in [-0.39, 0.29) is 37.3 Å². The van der Waals surface area contributed by atoms with Crippen LogP contribution in [0.2, 0.25) is 0 Å².